The second kappa shape index (κ2) is 6.80. The zero-order valence-corrected chi connectivity index (χ0v) is 9.39. The summed E-state index contributed by atoms with van der Waals surface area (Å²) in [5.74, 6) is 0.817. The van der Waals surface area contributed by atoms with Crippen LogP contribution in [0.15, 0.2) is 36.9 Å². The maximum Gasteiger partial charge on any atom is 0.122 e. The number of ether oxygens (including phenoxy) is 2. The van der Waals surface area contributed by atoms with Crippen molar-refractivity contribution in [3.05, 3.63) is 42.5 Å². The van der Waals surface area contributed by atoms with Gasteiger partial charge in [0.2, 0.25) is 0 Å². The van der Waals surface area contributed by atoms with E-state index >= 15 is 0 Å². The van der Waals surface area contributed by atoms with Gasteiger partial charge in [-0.2, -0.15) is 0 Å². The molecule has 0 aliphatic carbocycles. The predicted octanol–water partition coefficient (Wildman–Crippen LogP) is 2.36. The fraction of sp³-hybridized carbons (Fsp3) is 0.308. The van der Waals surface area contributed by atoms with E-state index in [2.05, 4.69) is 6.58 Å². The van der Waals surface area contributed by atoms with Gasteiger partial charge in [-0.1, -0.05) is 18.2 Å². The summed E-state index contributed by atoms with van der Waals surface area (Å²) in [5, 5.41) is 0. The Bertz CT molecular complexity index is 330. The van der Waals surface area contributed by atoms with Crippen LogP contribution in [-0.2, 0) is 16.1 Å². The Morgan fingerprint density at radius 1 is 1.38 bits per heavy atom. The van der Waals surface area contributed by atoms with E-state index in [0.29, 0.717) is 13.0 Å². The zero-order chi connectivity index (χ0) is 11.8. The van der Waals surface area contributed by atoms with E-state index in [0.717, 1.165) is 17.6 Å². The summed E-state index contributed by atoms with van der Waals surface area (Å²) in [6.45, 7) is 4.08. The van der Waals surface area contributed by atoms with Gasteiger partial charge >= 0.3 is 0 Å². The van der Waals surface area contributed by atoms with Gasteiger partial charge in [0.25, 0.3) is 0 Å². The summed E-state index contributed by atoms with van der Waals surface area (Å²) in [6, 6.07) is 7.61. The minimum atomic E-state index is -0.209. The third kappa shape index (κ3) is 3.87. The molecule has 0 fully saturated rings. The lowest BCUT2D eigenvalue weighted by molar-refractivity contribution is -0.109. The quantitative estimate of drug-likeness (QED) is 0.522. The fourth-order valence-corrected chi connectivity index (χ4v) is 1.25. The van der Waals surface area contributed by atoms with Gasteiger partial charge in [-0.15, -0.1) is 6.58 Å². The highest BCUT2D eigenvalue weighted by atomic mass is 16.5. The first-order chi connectivity index (χ1) is 7.80. The van der Waals surface area contributed by atoms with Gasteiger partial charge in [0.1, 0.15) is 12.0 Å². The molecule has 0 spiro atoms. The molecule has 0 heterocycles. The van der Waals surface area contributed by atoms with Crippen LogP contribution in [0, 0.1) is 0 Å². The minimum Gasteiger partial charge on any atom is -0.497 e. The molecule has 0 N–H and O–H groups in total. The summed E-state index contributed by atoms with van der Waals surface area (Å²) >= 11 is 0. The molecule has 0 radical (unpaired) electrons. The van der Waals surface area contributed by atoms with Crippen LogP contribution >= 0.6 is 0 Å². The van der Waals surface area contributed by atoms with Crippen molar-refractivity contribution in [3.8, 4) is 5.75 Å². The van der Waals surface area contributed by atoms with E-state index in [1.54, 1.807) is 13.2 Å². The Labute approximate surface area is 95.7 Å². The highest BCUT2D eigenvalue weighted by molar-refractivity contribution is 5.50. The maximum atomic E-state index is 10.3. The Morgan fingerprint density at radius 3 is 2.56 bits per heavy atom. The van der Waals surface area contributed by atoms with Gasteiger partial charge < -0.3 is 14.3 Å². The highest BCUT2D eigenvalue weighted by Gasteiger charge is 2.03. The van der Waals surface area contributed by atoms with Gasteiger partial charge in [0.15, 0.2) is 0 Å². The van der Waals surface area contributed by atoms with Crippen LogP contribution in [-0.4, -0.2) is 19.5 Å². The number of carbonyl (C=O) groups is 1. The number of methoxy groups -OCH3 is 1. The lowest BCUT2D eigenvalue weighted by Gasteiger charge is -2.11. The van der Waals surface area contributed by atoms with Gasteiger partial charge in [0, 0.05) is 6.42 Å². The van der Waals surface area contributed by atoms with E-state index in [4.69, 9.17) is 9.47 Å². The van der Waals surface area contributed by atoms with Crippen molar-refractivity contribution in [1.82, 2.24) is 0 Å². The number of hydrogen-bond donors (Lipinski definition) is 0. The highest BCUT2D eigenvalue weighted by Crippen LogP contribution is 2.13. The minimum absolute atomic E-state index is 0.209. The average Bonchev–Trinajstić information content (AvgIpc) is 2.35. The Balaban J connectivity index is 2.46. The third-order valence-electron chi connectivity index (χ3n) is 2.21. The third-order valence-corrected chi connectivity index (χ3v) is 2.21. The molecule has 0 bridgehead atoms. The molecule has 0 saturated heterocycles. The molecular formula is C13H16O3. The summed E-state index contributed by atoms with van der Waals surface area (Å²) in [5.41, 5.74) is 1.04. The molecule has 0 saturated carbocycles. The monoisotopic (exact) mass is 220 g/mol. The zero-order valence-electron chi connectivity index (χ0n) is 9.39. The number of carbonyl (C=O) groups excluding carboxylic acids is 1. The second-order valence-corrected chi connectivity index (χ2v) is 3.34. The second-order valence-electron chi connectivity index (χ2n) is 3.34. The summed E-state index contributed by atoms with van der Waals surface area (Å²) < 4.78 is 10.6. The lowest BCUT2D eigenvalue weighted by atomic mass is 10.2. The summed E-state index contributed by atoms with van der Waals surface area (Å²) in [7, 11) is 1.63. The molecule has 0 unspecified atom stereocenters. The van der Waals surface area contributed by atoms with Crippen molar-refractivity contribution in [2.24, 2.45) is 0 Å². The number of hydrogen-bond acceptors (Lipinski definition) is 3. The molecule has 0 aliphatic heterocycles. The Morgan fingerprint density at radius 2 is 2.06 bits per heavy atom. The van der Waals surface area contributed by atoms with Crippen LogP contribution in [0.3, 0.4) is 0 Å². The molecule has 0 amide bonds. The first-order valence-corrected chi connectivity index (χ1v) is 5.11. The van der Waals surface area contributed by atoms with E-state index in [1.165, 1.54) is 0 Å². The van der Waals surface area contributed by atoms with E-state index < -0.39 is 0 Å². The number of benzene rings is 1. The lowest BCUT2D eigenvalue weighted by Crippen LogP contribution is -2.09. The van der Waals surface area contributed by atoms with Crippen molar-refractivity contribution >= 4 is 6.29 Å². The predicted molar refractivity (Wildman–Crippen MR) is 62.4 cm³/mol. The van der Waals surface area contributed by atoms with Crippen molar-refractivity contribution in [1.29, 1.82) is 0 Å². The van der Waals surface area contributed by atoms with Gasteiger partial charge in [0.05, 0.1) is 19.8 Å². The molecule has 1 atom stereocenters. The van der Waals surface area contributed by atoms with Gasteiger partial charge in [-0.3, -0.25) is 0 Å². The van der Waals surface area contributed by atoms with Crippen molar-refractivity contribution < 1.29 is 14.3 Å². The summed E-state index contributed by atoms with van der Waals surface area (Å²) in [4.78, 5) is 10.3. The van der Waals surface area contributed by atoms with Crippen molar-refractivity contribution in [2.75, 3.05) is 7.11 Å². The van der Waals surface area contributed by atoms with Crippen LogP contribution < -0.4 is 4.74 Å². The molecule has 1 aromatic rings. The number of aldehydes is 1. The first kappa shape index (κ1) is 12.5. The van der Waals surface area contributed by atoms with Crippen LogP contribution in [0.25, 0.3) is 0 Å². The van der Waals surface area contributed by atoms with E-state index in [9.17, 15) is 4.79 Å². The molecule has 3 heteroatoms. The average molecular weight is 220 g/mol. The van der Waals surface area contributed by atoms with Gasteiger partial charge in [-0.05, 0) is 17.7 Å². The molecule has 86 valence electrons. The van der Waals surface area contributed by atoms with Crippen molar-refractivity contribution in [2.45, 2.75) is 19.1 Å². The maximum absolute atomic E-state index is 10.3. The molecule has 1 rings (SSSR count). The molecule has 0 aromatic heterocycles. The molecule has 0 aliphatic rings. The summed E-state index contributed by atoms with van der Waals surface area (Å²) in [6.07, 6.45) is 2.61. The van der Waals surface area contributed by atoms with Crippen LogP contribution in [0.4, 0.5) is 0 Å². The van der Waals surface area contributed by atoms with Crippen LogP contribution in [0.5, 0.6) is 5.75 Å². The van der Waals surface area contributed by atoms with E-state index in [1.807, 2.05) is 24.3 Å². The Hall–Kier alpha value is -1.61. The van der Waals surface area contributed by atoms with Crippen LogP contribution in [0.1, 0.15) is 12.0 Å². The van der Waals surface area contributed by atoms with Crippen molar-refractivity contribution in [3.63, 3.8) is 0 Å². The van der Waals surface area contributed by atoms with Crippen LogP contribution in [0.2, 0.25) is 0 Å². The largest absolute Gasteiger partial charge is 0.497 e. The van der Waals surface area contributed by atoms with E-state index in [-0.39, 0.29) is 6.10 Å². The molecule has 3 nitrogen and oxygen atoms in total. The fourth-order valence-electron chi connectivity index (χ4n) is 1.25. The smallest absolute Gasteiger partial charge is 0.122 e. The SMILES string of the molecule is C=C[C@H](CC=O)OCc1ccc(OC)cc1. The molecule has 1 aromatic carbocycles. The van der Waals surface area contributed by atoms with Gasteiger partial charge in [-0.25, -0.2) is 0 Å². The topological polar surface area (TPSA) is 35.5 Å². The molecular weight excluding hydrogens is 204 g/mol. The Kier molecular flexibility index (Phi) is 5.29. The first-order valence-electron chi connectivity index (χ1n) is 5.11. The normalized spacial score (nSPS) is 11.8. The molecule has 16 heavy (non-hydrogen) atoms. The number of rotatable bonds is 7. The standard InChI is InChI=1S/C13H16O3/c1-3-12(8-9-14)16-10-11-4-6-13(15-2)7-5-11/h3-7,9,12H,1,8,10H2,2H3/t12-/m1/s1.